The van der Waals surface area contributed by atoms with Crippen molar-refractivity contribution >= 4 is 0 Å². The van der Waals surface area contributed by atoms with Crippen LogP contribution in [-0.2, 0) is 0 Å². The predicted molar refractivity (Wildman–Crippen MR) is 107 cm³/mol. The molecule has 0 spiro atoms. The van der Waals surface area contributed by atoms with Gasteiger partial charge in [0.25, 0.3) is 0 Å². The fourth-order valence-electron chi connectivity index (χ4n) is 3.20. The molecule has 2 heteroatoms. The topological polar surface area (TPSA) is 0 Å². The summed E-state index contributed by atoms with van der Waals surface area (Å²) < 4.78 is 1.11. The zero-order chi connectivity index (χ0) is 17.4. The van der Waals surface area contributed by atoms with Crippen molar-refractivity contribution in [2.45, 2.75) is 123 Å². The molecule has 0 radical (unpaired) electrons. The summed E-state index contributed by atoms with van der Waals surface area (Å²) in [4.78, 5) is 0. The van der Waals surface area contributed by atoms with Crippen LogP contribution >= 0.6 is 0 Å². The van der Waals surface area contributed by atoms with E-state index in [1.165, 1.54) is 103 Å². The van der Waals surface area contributed by atoms with Gasteiger partial charge in [-0.25, -0.2) is 0 Å². The molecular weight excluding hydrogens is 358 g/mol. The molecule has 0 saturated carbocycles. The monoisotopic (exact) mass is 405 g/mol. The highest BCUT2D eigenvalue weighted by Gasteiger charge is 2.16. The van der Waals surface area contributed by atoms with E-state index in [-0.39, 0.29) is 17.0 Å². The first-order valence-electron chi connectivity index (χ1n) is 10.8. The maximum absolute atomic E-state index is 2.39. The van der Waals surface area contributed by atoms with Crippen LogP contribution in [0.2, 0.25) is 0 Å². The van der Waals surface area contributed by atoms with Gasteiger partial charge < -0.3 is 21.5 Å². The van der Waals surface area contributed by atoms with Gasteiger partial charge >= 0.3 is 0 Å². The van der Waals surface area contributed by atoms with Crippen LogP contribution in [0.15, 0.2) is 0 Å². The highest BCUT2D eigenvalue weighted by molar-refractivity contribution is 4.53. The van der Waals surface area contributed by atoms with Crippen LogP contribution in [-0.4, -0.2) is 31.7 Å². The fraction of sp³-hybridized carbons (Fsp3) is 1.00. The van der Waals surface area contributed by atoms with Crippen LogP contribution < -0.4 is 17.0 Å². The Hall–Kier alpha value is 0.440. The Bertz CT molecular complexity index is 235. The highest BCUT2D eigenvalue weighted by Crippen LogP contribution is 2.15. The third kappa shape index (κ3) is 18.8. The van der Waals surface area contributed by atoms with Crippen molar-refractivity contribution in [3.63, 3.8) is 0 Å². The summed E-state index contributed by atoms with van der Waals surface area (Å²) in [5.41, 5.74) is 0. The molecule has 0 fully saturated rings. The minimum Gasteiger partial charge on any atom is -1.00 e. The van der Waals surface area contributed by atoms with Gasteiger partial charge in [-0.05, 0) is 19.8 Å². The van der Waals surface area contributed by atoms with Gasteiger partial charge in [-0.1, -0.05) is 96.8 Å². The third-order valence-corrected chi connectivity index (χ3v) is 5.55. The molecule has 0 aliphatic carbocycles. The second kappa shape index (κ2) is 18.2. The summed E-state index contributed by atoms with van der Waals surface area (Å²) in [6, 6.07) is 0.803. The van der Waals surface area contributed by atoms with E-state index in [1.807, 2.05) is 0 Å². The normalized spacial score (nSPS) is 12.9. The minimum absolute atomic E-state index is 0. The lowest BCUT2D eigenvalue weighted by atomic mass is 10.0. The van der Waals surface area contributed by atoms with Crippen LogP contribution in [0, 0.1) is 0 Å². The lowest BCUT2D eigenvalue weighted by Crippen LogP contribution is -3.00. The standard InChI is InChI=1S/C22H48N.BrH/c1-6-7-8-9-10-11-12-13-14-15-16-17-18-19-20-21-22(2)23(3,4)5;/h22H,6-21H2,1-5H3;1H/q+1;/p-1. The van der Waals surface area contributed by atoms with Gasteiger partial charge in [0.2, 0.25) is 0 Å². The van der Waals surface area contributed by atoms with Gasteiger partial charge in [-0.15, -0.1) is 0 Å². The molecule has 0 N–H and O–H groups in total. The van der Waals surface area contributed by atoms with E-state index in [9.17, 15) is 0 Å². The summed E-state index contributed by atoms with van der Waals surface area (Å²) in [6.45, 7) is 4.69. The smallest absolute Gasteiger partial charge is 0.0855 e. The SMILES string of the molecule is CCCCCCCCCCCCCCCCCC(C)[N+](C)(C)C.[Br-]. The van der Waals surface area contributed by atoms with Crippen molar-refractivity contribution in [3.8, 4) is 0 Å². The Morgan fingerprint density at radius 1 is 0.542 bits per heavy atom. The number of rotatable bonds is 17. The Labute approximate surface area is 165 Å². The van der Waals surface area contributed by atoms with Crippen molar-refractivity contribution in [1.82, 2.24) is 0 Å². The quantitative estimate of drug-likeness (QED) is 0.249. The molecule has 0 aromatic carbocycles. The van der Waals surface area contributed by atoms with Crippen molar-refractivity contribution in [2.75, 3.05) is 21.1 Å². The van der Waals surface area contributed by atoms with E-state index in [4.69, 9.17) is 0 Å². The van der Waals surface area contributed by atoms with Gasteiger partial charge in [0.05, 0.1) is 27.2 Å². The fourth-order valence-corrected chi connectivity index (χ4v) is 3.20. The summed E-state index contributed by atoms with van der Waals surface area (Å²) in [7, 11) is 6.95. The molecule has 0 rings (SSSR count). The maximum Gasteiger partial charge on any atom is 0.0855 e. The van der Waals surface area contributed by atoms with E-state index in [0.29, 0.717) is 0 Å². The molecule has 24 heavy (non-hydrogen) atoms. The molecule has 1 unspecified atom stereocenters. The van der Waals surface area contributed by atoms with Crippen LogP contribution in [0.25, 0.3) is 0 Å². The lowest BCUT2D eigenvalue weighted by Gasteiger charge is -2.31. The second-order valence-electron chi connectivity index (χ2n) is 8.70. The zero-order valence-electron chi connectivity index (χ0n) is 17.7. The number of halogens is 1. The number of unbranched alkanes of at least 4 members (excludes halogenated alkanes) is 14. The Morgan fingerprint density at radius 2 is 0.833 bits per heavy atom. The van der Waals surface area contributed by atoms with Crippen molar-refractivity contribution in [3.05, 3.63) is 0 Å². The van der Waals surface area contributed by atoms with E-state index in [0.717, 1.165) is 10.5 Å². The first-order valence-corrected chi connectivity index (χ1v) is 10.8. The maximum atomic E-state index is 2.39. The van der Waals surface area contributed by atoms with Gasteiger partial charge in [-0.2, -0.15) is 0 Å². The molecule has 0 aliphatic heterocycles. The first-order chi connectivity index (χ1) is 11.0. The lowest BCUT2D eigenvalue weighted by molar-refractivity contribution is -0.894. The van der Waals surface area contributed by atoms with Gasteiger partial charge in [0.15, 0.2) is 0 Å². The molecule has 0 aliphatic rings. The highest BCUT2D eigenvalue weighted by atomic mass is 79.9. The predicted octanol–water partition coefficient (Wildman–Crippen LogP) is 4.35. The van der Waals surface area contributed by atoms with Crippen molar-refractivity contribution in [2.24, 2.45) is 0 Å². The van der Waals surface area contributed by atoms with Gasteiger partial charge in [0, 0.05) is 0 Å². The average molecular weight is 407 g/mol. The molecule has 0 bridgehead atoms. The number of nitrogens with zero attached hydrogens (tertiary/aromatic N) is 1. The summed E-state index contributed by atoms with van der Waals surface area (Å²) in [6.07, 6.45) is 23.3. The van der Waals surface area contributed by atoms with E-state index in [1.54, 1.807) is 0 Å². The molecular formula is C22H48BrN. The Morgan fingerprint density at radius 3 is 1.12 bits per heavy atom. The Kier molecular flexibility index (Phi) is 20.3. The molecule has 0 heterocycles. The van der Waals surface area contributed by atoms with Crippen LogP contribution in [0.4, 0.5) is 0 Å². The van der Waals surface area contributed by atoms with Gasteiger partial charge in [0.1, 0.15) is 0 Å². The molecule has 148 valence electrons. The van der Waals surface area contributed by atoms with Crippen molar-refractivity contribution in [1.29, 1.82) is 0 Å². The van der Waals surface area contributed by atoms with E-state index in [2.05, 4.69) is 35.0 Å². The van der Waals surface area contributed by atoms with Crippen LogP contribution in [0.3, 0.4) is 0 Å². The summed E-state index contributed by atoms with van der Waals surface area (Å²) in [5, 5.41) is 0. The molecule has 0 amide bonds. The zero-order valence-corrected chi connectivity index (χ0v) is 19.3. The van der Waals surface area contributed by atoms with E-state index >= 15 is 0 Å². The van der Waals surface area contributed by atoms with Crippen molar-refractivity contribution < 1.29 is 21.5 Å². The van der Waals surface area contributed by atoms with Gasteiger partial charge in [-0.3, -0.25) is 0 Å². The average Bonchev–Trinajstić information content (AvgIpc) is 2.50. The Balaban J connectivity index is 0. The molecule has 1 atom stereocenters. The second-order valence-corrected chi connectivity index (χ2v) is 8.70. The summed E-state index contributed by atoms with van der Waals surface area (Å²) in [5.74, 6) is 0. The van der Waals surface area contributed by atoms with Crippen LogP contribution in [0.1, 0.15) is 117 Å². The summed E-state index contributed by atoms with van der Waals surface area (Å²) >= 11 is 0. The number of hydrogen-bond donors (Lipinski definition) is 0. The first kappa shape index (κ1) is 26.7. The van der Waals surface area contributed by atoms with E-state index < -0.39 is 0 Å². The number of hydrogen-bond acceptors (Lipinski definition) is 0. The minimum atomic E-state index is 0. The molecule has 0 aromatic rings. The molecule has 1 nitrogen and oxygen atoms in total. The van der Waals surface area contributed by atoms with Crippen LogP contribution in [0.5, 0.6) is 0 Å². The number of quaternary nitrogens is 1. The molecule has 0 saturated heterocycles. The largest absolute Gasteiger partial charge is 1.00 e. The molecule has 0 aromatic heterocycles. The third-order valence-electron chi connectivity index (χ3n) is 5.55.